The maximum absolute atomic E-state index is 14.7. The fourth-order valence-electron chi connectivity index (χ4n) is 9.67. The molecule has 3 aromatic rings. The van der Waals surface area contributed by atoms with Gasteiger partial charge in [-0.05, 0) is 101 Å². The Kier molecular flexibility index (Phi) is 9.30. The van der Waals surface area contributed by atoms with Gasteiger partial charge in [-0.15, -0.1) is 0 Å². The fourth-order valence-corrected chi connectivity index (χ4v) is 9.67. The quantitative estimate of drug-likeness (QED) is 0.278. The summed E-state index contributed by atoms with van der Waals surface area (Å²) in [4.78, 5) is 33.8. The van der Waals surface area contributed by atoms with Crippen LogP contribution in [0.5, 0.6) is 0 Å². The zero-order valence-corrected chi connectivity index (χ0v) is 31.9. The van der Waals surface area contributed by atoms with Gasteiger partial charge in [0.05, 0.1) is 18.8 Å². The maximum Gasteiger partial charge on any atom is 0.410 e. The summed E-state index contributed by atoms with van der Waals surface area (Å²) in [6.45, 7) is 12.8. The van der Waals surface area contributed by atoms with Gasteiger partial charge in [-0.3, -0.25) is 14.2 Å². The first-order valence-corrected chi connectivity index (χ1v) is 19.6. The van der Waals surface area contributed by atoms with Crippen LogP contribution in [0, 0.1) is 5.41 Å². The Morgan fingerprint density at radius 2 is 1.70 bits per heavy atom. The number of carbonyl (C=O) groups excluding carboxylic acids is 2. The third kappa shape index (κ3) is 6.94. The van der Waals surface area contributed by atoms with Crippen LogP contribution in [0.3, 0.4) is 0 Å². The van der Waals surface area contributed by atoms with Gasteiger partial charge >= 0.3 is 6.09 Å². The summed E-state index contributed by atoms with van der Waals surface area (Å²) >= 11 is 0. The van der Waals surface area contributed by atoms with Gasteiger partial charge in [0.1, 0.15) is 5.60 Å². The van der Waals surface area contributed by atoms with Crippen molar-refractivity contribution in [3.63, 3.8) is 0 Å². The second-order valence-electron chi connectivity index (χ2n) is 17.2. The number of carbonyl (C=O) groups is 2. The molecule has 6 heterocycles. The van der Waals surface area contributed by atoms with Gasteiger partial charge in [0, 0.05) is 100.0 Å². The van der Waals surface area contributed by atoms with Gasteiger partial charge < -0.3 is 24.3 Å². The molecule has 4 aliphatic heterocycles. The molecule has 8 rings (SSSR count). The van der Waals surface area contributed by atoms with Crippen LogP contribution < -0.4 is 4.90 Å². The van der Waals surface area contributed by atoms with Crippen molar-refractivity contribution in [2.45, 2.75) is 116 Å². The monoisotopic (exact) mass is 732 g/mol. The van der Waals surface area contributed by atoms with Crippen molar-refractivity contribution in [2.75, 3.05) is 44.2 Å². The molecule has 0 radical (unpaired) electrons. The SMILES string of the molecule is CC(=O)N1CCc2c(c(N3CCCc4cc(-c5cnn(C)c5)c(C(F)F)cc43)nn2C2CCN(C3CC4(CCN(C(=O)OC(C)(C)C)CC4)C3)CC2)C1. The number of hydrogen-bond acceptors (Lipinski definition) is 7. The van der Waals surface area contributed by atoms with E-state index in [0.717, 1.165) is 93.8 Å². The summed E-state index contributed by atoms with van der Waals surface area (Å²) in [6, 6.07) is 4.43. The number of piperidine rings is 2. The number of halogens is 2. The molecule has 1 aromatic carbocycles. The van der Waals surface area contributed by atoms with Crippen LogP contribution in [0.2, 0.25) is 0 Å². The summed E-state index contributed by atoms with van der Waals surface area (Å²) in [7, 11) is 1.79. The molecule has 1 aliphatic carbocycles. The average Bonchev–Trinajstić information content (AvgIpc) is 3.72. The normalized spacial score (nSPS) is 21.2. The van der Waals surface area contributed by atoms with E-state index in [0.29, 0.717) is 42.2 Å². The molecule has 53 heavy (non-hydrogen) atoms. The molecule has 0 unspecified atom stereocenters. The highest BCUT2D eigenvalue weighted by Gasteiger charge is 2.49. The molecule has 13 heteroatoms. The maximum atomic E-state index is 14.7. The van der Waals surface area contributed by atoms with E-state index in [2.05, 4.69) is 19.6 Å². The molecule has 0 bridgehead atoms. The first kappa shape index (κ1) is 36.0. The second-order valence-corrected chi connectivity index (χ2v) is 17.2. The number of hydrogen-bond donors (Lipinski definition) is 0. The smallest absolute Gasteiger partial charge is 0.410 e. The zero-order valence-electron chi connectivity index (χ0n) is 31.9. The van der Waals surface area contributed by atoms with Crippen LogP contribution >= 0.6 is 0 Å². The van der Waals surface area contributed by atoms with Crippen molar-refractivity contribution in [3.8, 4) is 11.1 Å². The number of fused-ring (bicyclic) bond motifs is 2. The molecular weight excluding hydrogens is 678 g/mol. The van der Waals surface area contributed by atoms with E-state index < -0.39 is 12.0 Å². The first-order chi connectivity index (χ1) is 25.3. The van der Waals surface area contributed by atoms with E-state index in [1.165, 1.54) is 18.5 Å². The minimum absolute atomic E-state index is 0.000975. The third-order valence-corrected chi connectivity index (χ3v) is 12.6. The number of benzene rings is 1. The summed E-state index contributed by atoms with van der Waals surface area (Å²) in [5, 5.41) is 9.59. The van der Waals surface area contributed by atoms with E-state index in [-0.39, 0.29) is 23.6 Å². The fraction of sp³-hybridized carbons (Fsp3) is 0.650. The van der Waals surface area contributed by atoms with Crippen molar-refractivity contribution in [2.24, 2.45) is 12.5 Å². The van der Waals surface area contributed by atoms with Gasteiger partial charge in [-0.1, -0.05) is 0 Å². The minimum atomic E-state index is -2.64. The van der Waals surface area contributed by atoms with Crippen molar-refractivity contribution in [1.82, 2.24) is 34.3 Å². The topological polar surface area (TPSA) is 92.0 Å². The predicted molar refractivity (Wildman–Crippen MR) is 198 cm³/mol. The highest BCUT2D eigenvalue weighted by Crippen LogP contribution is 2.52. The lowest BCUT2D eigenvalue weighted by Crippen LogP contribution is -2.57. The Morgan fingerprint density at radius 1 is 0.962 bits per heavy atom. The Morgan fingerprint density at radius 3 is 2.34 bits per heavy atom. The summed E-state index contributed by atoms with van der Waals surface area (Å²) < 4.78 is 38.8. The lowest BCUT2D eigenvalue weighted by molar-refractivity contribution is -0.129. The molecule has 0 N–H and O–H groups in total. The van der Waals surface area contributed by atoms with Gasteiger partial charge in [0.2, 0.25) is 5.91 Å². The number of aromatic nitrogens is 4. The zero-order chi connectivity index (χ0) is 37.2. The van der Waals surface area contributed by atoms with E-state index in [1.807, 2.05) is 36.6 Å². The number of aryl methyl sites for hydroxylation is 2. The number of ether oxygens (including phenoxy) is 1. The van der Waals surface area contributed by atoms with Crippen molar-refractivity contribution < 1.29 is 23.1 Å². The molecule has 2 aromatic heterocycles. The molecular formula is C40H54F2N8O3. The van der Waals surface area contributed by atoms with Crippen LogP contribution in [-0.2, 0) is 36.0 Å². The molecule has 2 amide bonds. The highest BCUT2D eigenvalue weighted by atomic mass is 19.3. The number of alkyl halides is 2. The molecule has 2 saturated heterocycles. The second kappa shape index (κ2) is 13.7. The Balaban J connectivity index is 0.990. The lowest BCUT2D eigenvalue weighted by atomic mass is 9.60. The number of amides is 2. The third-order valence-electron chi connectivity index (χ3n) is 12.6. The molecule has 3 fully saturated rings. The van der Waals surface area contributed by atoms with Crippen molar-refractivity contribution >= 4 is 23.5 Å². The Hall–Kier alpha value is -4.00. The van der Waals surface area contributed by atoms with E-state index >= 15 is 0 Å². The Bertz CT molecular complexity index is 1860. The van der Waals surface area contributed by atoms with E-state index in [9.17, 15) is 18.4 Å². The van der Waals surface area contributed by atoms with Crippen LogP contribution in [0.1, 0.15) is 107 Å². The molecule has 1 spiro atoms. The number of anilines is 2. The highest BCUT2D eigenvalue weighted by molar-refractivity contribution is 5.78. The standard InChI is InChI=1S/C40H54F2N8O3/c1-26(51)48-16-10-34-33(25-48)37(49-13-6-7-27-19-31(28-23-43-45(5)24-28)32(36(41)42)20-35(27)49)44-50(34)29-8-14-46(15-9-29)30-21-40(22-30)11-17-47(18-12-40)38(52)53-39(2,3)4/h19-20,23-24,29-30,36H,6-18,21-22,25H2,1-5H3. The molecule has 11 nitrogen and oxygen atoms in total. The first-order valence-electron chi connectivity index (χ1n) is 19.6. The lowest BCUT2D eigenvalue weighted by Gasteiger charge is -2.56. The molecule has 5 aliphatic rings. The van der Waals surface area contributed by atoms with Gasteiger partial charge in [0.25, 0.3) is 6.43 Å². The summed E-state index contributed by atoms with van der Waals surface area (Å²) in [5.74, 6) is 0.846. The number of nitrogens with zero attached hydrogens (tertiary/aromatic N) is 8. The predicted octanol–water partition coefficient (Wildman–Crippen LogP) is 7.03. The van der Waals surface area contributed by atoms with Crippen molar-refractivity contribution in [1.29, 1.82) is 0 Å². The van der Waals surface area contributed by atoms with Crippen LogP contribution in [-0.4, -0.2) is 97.2 Å². The van der Waals surface area contributed by atoms with Gasteiger partial charge in [-0.25, -0.2) is 13.6 Å². The van der Waals surface area contributed by atoms with E-state index in [4.69, 9.17) is 9.84 Å². The van der Waals surface area contributed by atoms with Gasteiger partial charge in [0.15, 0.2) is 5.82 Å². The minimum Gasteiger partial charge on any atom is -0.444 e. The Labute approximate surface area is 311 Å². The average molecular weight is 733 g/mol. The summed E-state index contributed by atoms with van der Waals surface area (Å²) in [6.07, 6.45) is 9.49. The van der Waals surface area contributed by atoms with Gasteiger partial charge in [-0.2, -0.15) is 10.2 Å². The number of likely N-dealkylation sites (tertiary alicyclic amines) is 2. The molecule has 0 atom stereocenters. The summed E-state index contributed by atoms with van der Waals surface area (Å²) in [5.41, 5.74) is 5.14. The van der Waals surface area contributed by atoms with Crippen LogP contribution in [0.4, 0.5) is 25.1 Å². The van der Waals surface area contributed by atoms with E-state index in [1.54, 1.807) is 37.1 Å². The van der Waals surface area contributed by atoms with Crippen LogP contribution in [0.15, 0.2) is 24.5 Å². The van der Waals surface area contributed by atoms with Crippen LogP contribution in [0.25, 0.3) is 11.1 Å². The molecule has 1 saturated carbocycles. The largest absolute Gasteiger partial charge is 0.444 e. The molecule has 286 valence electrons. The number of rotatable bonds is 5. The van der Waals surface area contributed by atoms with Crippen molar-refractivity contribution in [3.05, 3.63) is 46.9 Å².